The fraction of sp³-hybridized carbons (Fsp3) is 0.867. The largest absolute Gasteiger partial charge is 0.347 e. The first-order valence-electron chi connectivity index (χ1n) is 7.50. The van der Waals surface area contributed by atoms with Crippen molar-refractivity contribution < 1.29 is 9.59 Å². The Labute approximate surface area is 135 Å². The van der Waals surface area contributed by atoms with Crippen LogP contribution in [-0.2, 0) is 9.59 Å². The van der Waals surface area contributed by atoms with Crippen molar-refractivity contribution in [1.82, 2.24) is 10.2 Å². The van der Waals surface area contributed by atoms with Crippen molar-refractivity contribution in [2.45, 2.75) is 53.0 Å². The molecule has 21 heavy (non-hydrogen) atoms. The van der Waals surface area contributed by atoms with Crippen molar-refractivity contribution in [2.24, 2.45) is 17.6 Å². The van der Waals surface area contributed by atoms with Crippen LogP contribution in [0, 0.1) is 11.8 Å². The van der Waals surface area contributed by atoms with Crippen molar-refractivity contribution in [3.05, 3.63) is 0 Å². The molecular weight excluding hydrogens is 290 g/mol. The third-order valence-electron chi connectivity index (χ3n) is 3.47. The minimum atomic E-state index is -0.0705. The van der Waals surface area contributed by atoms with Gasteiger partial charge in [0.25, 0.3) is 0 Å². The Kier molecular flexibility index (Phi) is 12.6. The molecule has 0 aromatic carbocycles. The predicted molar refractivity (Wildman–Crippen MR) is 89.4 cm³/mol. The monoisotopic (exact) mass is 321 g/mol. The first kappa shape index (κ1) is 22.5. The number of carbonyl (C=O) groups is 2. The predicted octanol–water partition coefficient (Wildman–Crippen LogP) is 1.79. The van der Waals surface area contributed by atoms with E-state index in [1.54, 1.807) is 11.9 Å². The van der Waals surface area contributed by atoms with Gasteiger partial charge in [0.2, 0.25) is 11.8 Å². The summed E-state index contributed by atoms with van der Waals surface area (Å²) in [6, 6.07) is 0.103. The van der Waals surface area contributed by atoms with Gasteiger partial charge in [-0.05, 0) is 24.7 Å². The van der Waals surface area contributed by atoms with Gasteiger partial charge in [-0.1, -0.05) is 27.7 Å². The molecule has 0 saturated carbocycles. The van der Waals surface area contributed by atoms with E-state index < -0.39 is 0 Å². The number of hydrogen-bond acceptors (Lipinski definition) is 3. The summed E-state index contributed by atoms with van der Waals surface area (Å²) in [7, 11) is 1.75. The van der Waals surface area contributed by atoms with Crippen LogP contribution in [0.5, 0.6) is 0 Å². The molecule has 126 valence electrons. The lowest BCUT2D eigenvalue weighted by Gasteiger charge is -2.21. The van der Waals surface area contributed by atoms with E-state index in [4.69, 9.17) is 5.73 Å². The number of amides is 2. The van der Waals surface area contributed by atoms with Crippen molar-refractivity contribution in [2.75, 3.05) is 20.1 Å². The number of nitrogens with zero attached hydrogens (tertiary/aromatic N) is 1. The third kappa shape index (κ3) is 11.5. The fourth-order valence-electron chi connectivity index (χ4n) is 1.62. The van der Waals surface area contributed by atoms with Crippen LogP contribution in [0.2, 0.25) is 0 Å². The quantitative estimate of drug-likeness (QED) is 0.680. The SMILES string of the molecule is CC(C)CCC(=O)NCC(=O)N(C)CCC(N)C(C)C.Cl. The van der Waals surface area contributed by atoms with Crippen LogP contribution < -0.4 is 11.1 Å². The van der Waals surface area contributed by atoms with Crippen molar-refractivity contribution in [1.29, 1.82) is 0 Å². The van der Waals surface area contributed by atoms with Crippen LogP contribution in [0.15, 0.2) is 0 Å². The second-order valence-electron chi connectivity index (χ2n) is 6.22. The van der Waals surface area contributed by atoms with Gasteiger partial charge >= 0.3 is 0 Å². The number of rotatable bonds is 9. The maximum atomic E-state index is 11.8. The molecule has 0 aliphatic rings. The second-order valence-corrected chi connectivity index (χ2v) is 6.22. The van der Waals surface area contributed by atoms with Gasteiger partial charge in [0.1, 0.15) is 0 Å². The van der Waals surface area contributed by atoms with Gasteiger partial charge in [0.05, 0.1) is 6.54 Å². The normalized spacial score (nSPS) is 12.0. The molecule has 2 amide bonds. The molecule has 0 aliphatic carbocycles. The van der Waals surface area contributed by atoms with Gasteiger partial charge in [-0.3, -0.25) is 9.59 Å². The van der Waals surface area contributed by atoms with Crippen molar-refractivity contribution >= 4 is 24.2 Å². The Morgan fingerprint density at radius 1 is 1.14 bits per heavy atom. The molecule has 1 unspecified atom stereocenters. The van der Waals surface area contributed by atoms with Gasteiger partial charge in [0, 0.05) is 26.1 Å². The first-order chi connectivity index (χ1) is 9.23. The molecule has 0 heterocycles. The number of nitrogens with one attached hydrogen (secondary N) is 1. The molecule has 3 N–H and O–H groups in total. The molecule has 1 atom stereocenters. The Balaban J connectivity index is 0. The van der Waals surface area contributed by atoms with E-state index in [1.165, 1.54) is 0 Å². The summed E-state index contributed by atoms with van der Waals surface area (Å²) in [5, 5.41) is 2.67. The lowest BCUT2D eigenvalue weighted by atomic mass is 10.0. The van der Waals surface area contributed by atoms with Crippen LogP contribution in [0.3, 0.4) is 0 Å². The van der Waals surface area contributed by atoms with Crippen LogP contribution in [-0.4, -0.2) is 42.9 Å². The molecule has 0 saturated heterocycles. The zero-order valence-corrected chi connectivity index (χ0v) is 14.8. The number of halogens is 1. The van der Waals surface area contributed by atoms with Crippen LogP contribution in [0.1, 0.15) is 47.0 Å². The Bertz CT molecular complexity index is 309. The van der Waals surface area contributed by atoms with E-state index in [0.717, 1.165) is 12.8 Å². The molecule has 0 bridgehead atoms. The summed E-state index contributed by atoms with van der Waals surface area (Å²) < 4.78 is 0. The standard InChI is InChI=1S/C15H31N3O2.ClH/c1-11(2)6-7-14(19)17-10-15(20)18(5)9-8-13(16)12(3)4;/h11-13H,6-10,16H2,1-5H3,(H,17,19);1H. The van der Waals surface area contributed by atoms with E-state index in [9.17, 15) is 9.59 Å². The smallest absolute Gasteiger partial charge is 0.241 e. The summed E-state index contributed by atoms with van der Waals surface area (Å²) in [5.41, 5.74) is 5.95. The Morgan fingerprint density at radius 2 is 1.71 bits per heavy atom. The van der Waals surface area contributed by atoms with Gasteiger partial charge in [0.15, 0.2) is 0 Å². The molecule has 0 aromatic heterocycles. The van der Waals surface area contributed by atoms with Gasteiger partial charge in [-0.25, -0.2) is 0 Å². The van der Waals surface area contributed by atoms with Crippen molar-refractivity contribution in [3.63, 3.8) is 0 Å². The van der Waals surface area contributed by atoms with Crippen LogP contribution in [0.4, 0.5) is 0 Å². The third-order valence-corrected chi connectivity index (χ3v) is 3.47. The maximum absolute atomic E-state index is 11.8. The maximum Gasteiger partial charge on any atom is 0.241 e. The summed E-state index contributed by atoms with van der Waals surface area (Å²) >= 11 is 0. The highest BCUT2D eigenvalue weighted by Gasteiger charge is 2.13. The van der Waals surface area contributed by atoms with E-state index in [1.807, 2.05) is 0 Å². The number of nitrogens with two attached hydrogens (primary N) is 1. The highest BCUT2D eigenvalue weighted by molar-refractivity contribution is 5.85. The van der Waals surface area contributed by atoms with Gasteiger partial charge in [-0.15, -0.1) is 12.4 Å². The molecule has 0 aliphatic heterocycles. The van der Waals surface area contributed by atoms with E-state index in [2.05, 4.69) is 33.0 Å². The second kappa shape index (κ2) is 11.8. The Morgan fingerprint density at radius 3 is 2.19 bits per heavy atom. The number of carbonyl (C=O) groups excluding carboxylic acids is 2. The highest BCUT2D eigenvalue weighted by atomic mass is 35.5. The molecule has 0 radical (unpaired) electrons. The summed E-state index contributed by atoms with van der Waals surface area (Å²) in [6.07, 6.45) is 2.10. The fourth-order valence-corrected chi connectivity index (χ4v) is 1.62. The van der Waals surface area contributed by atoms with Gasteiger partial charge in [-0.2, -0.15) is 0 Å². The zero-order valence-electron chi connectivity index (χ0n) is 14.0. The molecule has 6 heteroatoms. The molecule has 5 nitrogen and oxygen atoms in total. The topological polar surface area (TPSA) is 75.4 Å². The lowest BCUT2D eigenvalue weighted by molar-refractivity contribution is -0.132. The Hall–Kier alpha value is -0.810. The molecule has 0 fully saturated rings. The average molecular weight is 322 g/mol. The van der Waals surface area contributed by atoms with E-state index in [0.29, 0.717) is 24.8 Å². The molecule has 0 spiro atoms. The van der Waals surface area contributed by atoms with Crippen LogP contribution >= 0.6 is 12.4 Å². The van der Waals surface area contributed by atoms with E-state index >= 15 is 0 Å². The van der Waals surface area contributed by atoms with Crippen LogP contribution in [0.25, 0.3) is 0 Å². The van der Waals surface area contributed by atoms with E-state index in [-0.39, 0.29) is 36.8 Å². The summed E-state index contributed by atoms with van der Waals surface area (Å²) in [6.45, 7) is 8.99. The average Bonchev–Trinajstić information content (AvgIpc) is 2.38. The first-order valence-corrected chi connectivity index (χ1v) is 7.50. The lowest BCUT2D eigenvalue weighted by Crippen LogP contribution is -2.40. The molecule has 0 aromatic rings. The molecular formula is C15H32ClN3O2. The van der Waals surface area contributed by atoms with Gasteiger partial charge < -0.3 is 16.0 Å². The number of likely N-dealkylation sites (N-methyl/N-ethyl adjacent to an activating group) is 1. The number of hydrogen-bond donors (Lipinski definition) is 2. The van der Waals surface area contributed by atoms with Crippen molar-refractivity contribution in [3.8, 4) is 0 Å². The highest BCUT2D eigenvalue weighted by Crippen LogP contribution is 2.04. The zero-order chi connectivity index (χ0) is 15.7. The molecule has 0 rings (SSSR count). The summed E-state index contributed by atoms with van der Waals surface area (Å²) in [5.74, 6) is 0.782. The minimum absolute atomic E-state index is 0. The summed E-state index contributed by atoms with van der Waals surface area (Å²) in [4.78, 5) is 25.0. The minimum Gasteiger partial charge on any atom is -0.347 e.